The van der Waals surface area contributed by atoms with E-state index in [9.17, 15) is 0 Å². The molecule has 1 aliphatic rings. The highest BCUT2D eigenvalue weighted by Gasteiger charge is 2.21. The zero-order chi connectivity index (χ0) is 13.2. The summed E-state index contributed by atoms with van der Waals surface area (Å²) >= 11 is 1.44. The number of aryl methyl sites for hydroxylation is 2. The second kappa shape index (κ2) is 5.16. The van der Waals surface area contributed by atoms with Gasteiger partial charge in [0.1, 0.15) is 5.82 Å². The molecule has 0 radical (unpaired) electrons. The molecule has 6 nitrogen and oxygen atoms in total. The minimum absolute atomic E-state index is 0.432. The van der Waals surface area contributed by atoms with Crippen LogP contribution in [0.2, 0.25) is 0 Å². The van der Waals surface area contributed by atoms with Crippen molar-refractivity contribution < 1.29 is 0 Å². The van der Waals surface area contributed by atoms with Crippen molar-refractivity contribution in [2.45, 2.75) is 25.8 Å². The third kappa shape index (κ3) is 2.86. The molecule has 1 atom stereocenters. The monoisotopic (exact) mass is 278 g/mol. The molecule has 2 aromatic heterocycles. The smallest absolute Gasteiger partial charge is 0.202 e. The van der Waals surface area contributed by atoms with Gasteiger partial charge in [-0.25, -0.2) is 4.98 Å². The molecule has 7 heteroatoms. The van der Waals surface area contributed by atoms with Crippen LogP contribution in [0.4, 0.5) is 10.8 Å². The van der Waals surface area contributed by atoms with E-state index < -0.39 is 0 Å². The van der Waals surface area contributed by atoms with Crippen LogP contribution < -0.4 is 10.2 Å². The van der Waals surface area contributed by atoms with Gasteiger partial charge >= 0.3 is 0 Å². The van der Waals surface area contributed by atoms with Crippen LogP contribution in [0.15, 0.2) is 12.4 Å². The SMILES string of the molecule is Cc1nsc(NC2CCCN(c3cnn(C)c3)C2)n1. The van der Waals surface area contributed by atoms with Crippen LogP contribution in [-0.2, 0) is 7.05 Å². The van der Waals surface area contributed by atoms with Crippen LogP contribution >= 0.6 is 11.5 Å². The van der Waals surface area contributed by atoms with Gasteiger partial charge < -0.3 is 10.2 Å². The average molecular weight is 278 g/mol. The van der Waals surface area contributed by atoms with E-state index in [1.54, 1.807) is 0 Å². The summed E-state index contributed by atoms with van der Waals surface area (Å²) < 4.78 is 6.05. The molecule has 0 saturated carbocycles. The number of nitrogens with one attached hydrogen (secondary N) is 1. The van der Waals surface area contributed by atoms with Crippen molar-refractivity contribution in [1.29, 1.82) is 0 Å². The second-order valence-corrected chi connectivity index (χ2v) is 5.70. The highest BCUT2D eigenvalue weighted by atomic mass is 32.1. The van der Waals surface area contributed by atoms with Gasteiger partial charge in [-0.3, -0.25) is 4.68 Å². The van der Waals surface area contributed by atoms with Gasteiger partial charge in [0, 0.05) is 43.9 Å². The van der Waals surface area contributed by atoms with Crippen molar-refractivity contribution in [2.75, 3.05) is 23.3 Å². The number of anilines is 2. The number of piperidine rings is 1. The van der Waals surface area contributed by atoms with Gasteiger partial charge in [-0.15, -0.1) is 0 Å². The number of nitrogens with zero attached hydrogens (tertiary/aromatic N) is 5. The van der Waals surface area contributed by atoms with Gasteiger partial charge in [-0.05, 0) is 19.8 Å². The molecule has 1 N–H and O–H groups in total. The topological polar surface area (TPSA) is 58.9 Å². The quantitative estimate of drug-likeness (QED) is 0.925. The number of rotatable bonds is 3. The zero-order valence-corrected chi connectivity index (χ0v) is 12.0. The first-order chi connectivity index (χ1) is 9.20. The summed E-state index contributed by atoms with van der Waals surface area (Å²) in [5.41, 5.74) is 1.20. The normalized spacial score (nSPS) is 19.7. The molecule has 1 aliphatic heterocycles. The highest BCUT2D eigenvalue weighted by Crippen LogP contribution is 2.22. The molecule has 2 aromatic rings. The van der Waals surface area contributed by atoms with Crippen LogP contribution in [0.3, 0.4) is 0 Å². The molecule has 0 spiro atoms. The van der Waals surface area contributed by atoms with Gasteiger partial charge in [0.25, 0.3) is 0 Å². The van der Waals surface area contributed by atoms with Crippen LogP contribution in [0.5, 0.6) is 0 Å². The average Bonchev–Trinajstić information content (AvgIpc) is 2.99. The van der Waals surface area contributed by atoms with Gasteiger partial charge in [0.05, 0.1) is 11.9 Å². The van der Waals surface area contributed by atoms with Crippen molar-refractivity contribution >= 4 is 22.4 Å². The minimum atomic E-state index is 0.432. The van der Waals surface area contributed by atoms with Gasteiger partial charge in [-0.2, -0.15) is 9.47 Å². The number of aromatic nitrogens is 4. The van der Waals surface area contributed by atoms with E-state index in [-0.39, 0.29) is 0 Å². The van der Waals surface area contributed by atoms with Crippen molar-refractivity contribution in [3.05, 3.63) is 18.2 Å². The Kier molecular flexibility index (Phi) is 3.37. The summed E-state index contributed by atoms with van der Waals surface area (Å²) in [4.78, 5) is 6.75. The lowest BCUT2D eigenvalue weighted by atomic mass is 10.1. The minimum Gasteiger partial charge on any atom is -0.367 e. The Bertz CT molecular complexity index is 548. The first-order valence-electron chi connectivity index (χ1n) is 6.51. The summed E-state index contributed by atoms with van der Waals surface area (Å²) in [6.07, 6.45) is 6.36. The molecule has 3 heterocycles. The summed E-state index contributed by atoms with van der Waals surface area (Å²) in [5, 5.41) is 8.65. The van der Waals surface area contributed by atoms with Crippen LogP contribution in [0.25, 0.3) is 0 Å². The Labute approximate surface area is 116 Å². The third-order valence-electron chi connectivity index (χ3n) is 3.33. The summed E-state index contributed by atoms with van der Waals surface area (Å²) in [6.45, 7) is 4.01. The van der Waals surface area contributed by atoms with E-state index in [4.69, 9.17) is 0 Å². The third-order valence-corrected chi connectivity index (χ3v) is 4.07. The molecule has 0 amide bonds. The first-order valence-corrected chi connectivity index (χ1v) is 7.28. The van der Waals surface area contributed by atoms with Crippen molar-refractivity contribution in [1.82, 2.24) is 19.1 Å². The maximum absolute atomic E-state index is 4.37. The number of hydrogen-bond donors (Lipinski definition) is 1. The first kappa shape index (κ1) is 12.4. The Balaban J connectivity index is 1.64. The Morgan fingerprint density at radius 3 is 3.05 bits per heavy atom. The fraction of sp³-hybridized carbons (Fsp3) is 0.583. The molecule has 1 unspecified atom stereocenters. The zero-order valence-electron chi connectivity index (χ0n) is 11.2. The van der Waals surface area contributed by atoms with E-state index in [0.717, 1.165) is 24.0 Å². The van der Waals surface area contributed by atoms with E-state index >= 15 is 0 Å². The largest absolute Gasteiger partial charge is 0.367 e. The number of hydrogen-bond acceptors (Lipinski definition) is 6. The molecule has 0 aromatic carbocycles. The van der Waals surface area contributed by atoms with E-state index in [0.29, 0.717) is 6.04 Å². The molecule has 19 heavy (non-hydrogen) atoms. The second-order valence-electron chi connectivity index (χ2n) is 4.95. The van der Waals surface area contributed by atoms with E-state index in [2.05, 4.69) is 30.9 Å². The van der Waals surface area contributed by atoms with Crippen LogP contribution in [0.1, 0.15) is 18.7 Å². The predicted molar refractivity (Wildman–Crippen MR) is 76.7 cm³/mol. The summed E-state index contributed by atoms with van der Waals surface area (Å²) in [7, 11) is 1.95. The fourth-order valence-corrected chi connectivity index (χ4v) is 3.08. The van der Waals surface area contributed by atoms with Gasteiger partial charge in [0.2, 0.25) is 5.13 Å². The molecule has 0 bridgehead atoms. The maximum Gasteiger partial charge on any atom is 0.202 e. The Morgan fingerprint density at radius 1 is 1.47 bits per heavy atom. The van der Waals surface area contributed by atoms with Gasteiger partial charge in [0.15, 0.2) is 0 Å². The van der Waals surface area contributed by atoms with Crippen LogP contribution in [0, 0.1) is 6.92 Å². The molecular weight excluding hydrogens is 260 g/mol. The molecule has 1 fully saturated rings. The Hall–Kier alpha value is -1.63. The van der Waals surface area contributed by atoms with Crippen molar-refractivity contribution in [3.8, 4) is 0 Å². The van der Waals surface area contributed by atoms with E-state index in [1.165, 1.54) is 30.1 Å². The molecule has 3 rings (SSSR count). The molecule has 102 valence electrons. The predicted octanol–water partition coefficient (Wildman–Crippen LogP) is 1.66. The van der Waals surface area contributed by atoms with Crippen molar-refractivity contribution in [3.63, 3.8) is 0 Å². The van der Waals surface area contributed by atoms with Crippen molar-refractivity contribution in [2.24, 2.45) is 7.05 Å². The van der Waals surface area contributed by atoms with Crippen LogP contribution in [-0.4, -0.2) is 38.3 Å². The standard InChI is InChI=1S/C12H18N6S/c1-9-14-12(19-16-9)15-10-4-3-5-18(7-10)11-6-13-17(2)8-11/h6,8,10H,3-5,7H2,1-2H3,(H,14,15,16). The lowest BCUT2D eigenvalue weighted by Gasteiger charge is -2.33. The Morgan fingerprint density at radius 2 is 2.37 bits per heavy atom. The maximum atomic E-state index is 4.37. The van der Waals surface area contributed by atoms with Gasteiger partial charge in [-0.1, -0.05) is 0 Å². The van der Waals surface area contributed by atoms with E-state index in [1.807, 2.05) is 24.9 Å². The molecule has 0 aliphatic carbocycles. The lowest BCUT2D eigenvalue weighted by Crippen LogP contribution is -2.42. The lowest BCUT2D eigenvalue weighted by molar-refractivity contribution is 0.530. The summed E-state index contributed by atoms with van der Waals surface area (Å²) in [5.74, 6) is 0.840. The fourth-order valence-electron chi connectivity index (χ4n) is 2.43. The highest BCUT2D eigenvalue weighted by molar-refractivity contribution is 7.09. The summed E-state index contributed by atoms with van der Waals surface area (Å²) in [6, 6.07) is 0.432. The molecular formula is C12H18N6S. The molecule has 1 saturated heterocycles.